The van der Waals surface area contributed by atoms with Gasteiger partial charge in [-0.25, -0.2) is 4.98 Å². The van der Waals surface area contributed by atoms with Crippen LogP contribution in [0.3, 0.4) is 0 Å². The number of carbonyl (C=O) groups is 2. The van der Waals surface area contributed by atoms with Gasteiger partial charge < -0.3 is 15.0 Å². The number of benzene rings is 2. The summed E-state index contributed by atoms with van der Waals surface area (Å²) in [6.07, 6.45) is 4.65. The first-order chi connectivity index (χ1) is 17.4. The number of carbonyl (C=O) groups excluding carboxylic acids is 1. The monoisotopic (exact) mass is 481 g/mol. The van der Waals surface area contributed by atoms with E-state index in [0.29, 0.717) is 24.0 Å². The number of hydrogen-bond donors (Lipinski definition) is 2. The molecule has 0 saturated heterocycles. The molecule has 36 heavy (non-hydrogen) atoms. The summed E-state index contributed by atoms with van der Waals surface area (Å²) < 4.78 is 1.78. The zero-order valence-electron chi connectivity index (χ0n) is 20.2. The molecule has 0 bridgehead atoms. The number of rotatable bonds is 7. The number of hydrogen-bond acceptors (Lipinski definition) is 4. The van der Waals surface area contributed by atoms with Gasteiger partial charge in [-0.1, -0.05) is 37.3 Å². The summed E-state index contributed by atoms with van der Waals surface area (Å²) >= 11 is 0. The molecule has 0 spiro atoms. The van der Waals surface area contributed by atoms with E-state index in [9.17, 15) is 19.5 Å². The average molecular weight is 482 g/mol. The zero-order chi connectivity index (χ0) is 25.4. The van der Waals surface area contributed by atoms with Crippen LogP contribution in [0, 0.1) is 12.8 Å². The second-order valence-corrected chi connectivity index (χ2v) is 9.28. The van der Waals surface area contributed by atoms with E-state index < -0.39 is 11.9 Å². The summed E-state index contributed by atoms with van der Waals surface area (Å²) in [6, 6.07) is 17.3. The second-order valence-electron chi connectivity index (χ2n) is 9.28. The molecule has 2 unspecified atom stereocenters. The maximum absolute atomic E-state index is 13.0. The minimum atomic E-state index is -0.735. The zero-order valence-corrected chi connectivity index (χ0v) is 20.2. The Hall–Kier alpha value is -4.26. The molecule has 0 radical (unpaired) electrons. The summed E-state index contributed by atoms with van der Waals surface area (Å²) in [5.41, 5.74) is 5.11. The number of carboxylic acid groups (broad SMARTS) is 1. The first-order valence-corrected chi connectivity index (χ1v) is 12.1. The number of aromatic nitrogens is 2. The number of aliphatic carboxylic acids is 1. The Balaban J connectivity index is 1.56. The fourth-order valence-corrected chi connectivity index (χ4v) is 4.77. The van der Waals surface area contributed by atoms with Crippen molar-refractivity contribution in [3.63, 3.8) is 0 Å². The lowest BCUT2D eigenvalue weighted by atomic mass is 9.96. The minimum absolute atomic E-state index is 0.0759. The van der Waals surface area contributed by atoms with Crippen molar-refractivity contribution in [2.24, 2.45) is 5.92 Å². The standard InChI is InChI=1S/C29H27N3O4/c1-3-11-31-28(34)25-16-32(27-22(26(25)33)8-5-12-30-27)20-7-4-6-18(14-20)19-9-10-21(17(2)13-19)23-15-24(23)29(35)36/h4-10,12-14,16,23-24H,3,11,15H2,1-2H3,(H,31,34)(H,35,36). The molecular formula is C29H27N3O4. The number of fused-ring (bicyclic) bond motifs is 1. The van der Waals surface area contributed by atoms with Crippen LogP contribution in [0.1, 0.15) is 47.2 Å². The Morgan fingerprint density at radius 2 is 1.92 bits per heavy atom. The molecule has 0 aliphatic heterocycles. The molecule has 2 N–H and O–H groups in total. The molecule has 7 nitrogen and oxygen atoms in total. The normalized spacial score (nSPS) is 16.6. The third-order valence-corrected chi connectivity index (χ3v) is 6.78. The Morgan fingerprint density at radius 3 is 2.64 bits per heavy atom. The molecule has 2 aromatic heterocycles. The third kappa shape index (κ3) is 4.28. The highest BCUT2D eigenvalue weighted by molar-refractivity contribution is 5.97. The number of pyridine rings is 2. The molecule has 7 heteroatoms. The molecule has 1 aliphatic rings. The fraction of sp³-hybridized carbons (Fsp3) is 0.241. The predicted octanol–water partition coefficient (Wildman–Crippen LogP) is 4.69. The van der Waals surface area contributed by atoms with E-state index in [-0.39, 0.29) is 22.8 Å². The molecule has 4 aromatic rings. The summed E-state index contributed by atoms with van der Waals surface area (Å²) in [5.74, 6) is -1.34. The maximum Gasteiger partial charge on any atom is 0.307 e. The Morgan fingerprint density at radius 1 is 1.11 bits per heavy atom. The van der Waals surface area contributed by atoms with Crippen molar-refractivity contribution in [2.45, 2.75) is 32.6 Å². The topological polar surface area (TPSA) is 101 Å². The minimum Gasteiger partial charge on any atom is -0.481 e. The molecule has 2 heterocycles. The van der Waals surface area contributed by atoms with Crippen LogP contribution in [-0.4, -0.2) is 33.1 Å². The number of amides is 1. The number of nitrogens with one attached hydrogen (secondary N) is 1. The van der Waals surface area contributed by atoms with Gasteiger partial charge in [0.05, 0.1) is 11.3 Å². The summed E-state index contributed by atoms with van der Waals surface area (Å²) in [7, 11) is 0. The first-order valence-electron chi connectivity index (χ1n) is 12.1. The van der Waals surface area contributed by atoms with Gasteiger partial charge in [0, 0.05) is 24.6 Å². The number of nitrogens with zero attached hydrogens (tertiary/aromatic N) is 2. The van der Waals surface area contributed by atoms with Gasteiger partial charge in [0.2, 0.25) is 5.43 Å². The maximum atomic E-state index is 13.0. The van der Waals surface area contributed by atoms with E-state index in [1.165, 1.54) is 0 Å². The van der Waals surface area contributed by atoms with Gasteiger partial charge in [-0.15, -0.1) is 0 Å². The predicted molar refractivity (Wildman–Crippen MR) is 139 cm³/mol. The quantitative estimate of drug-likeness (QED) is 0.399. The van der Waals surface area contributed by atoms with Crippen molar-refractivity contribution in [1.82, 2.24) is 14.9 Å². The van der Waals surface area contributed by atoms with Crippen LogP contribution in [0.25, 0.3) is 27.8 Å². The molecule has 5 rings (SSSR count). The van der Waals surface area contributed by atoms with Crippen molar-refractivity contribution in [2.75, 3.05) is 6.54 Å². The van der Waals surface area contributed by atoms with Crippen LogP contribution < -0.4 is 10.7 Å². The lowest BCUT2D eigenvalue weighted by Crippen LogP contribution is -2.30. The van der Waals surface area contributed by atoms with Gasteiger partial charge in [-0.3, -0.25) is 14.4 Å². The van der Waals surface area contributed by atoms with Gasteiger partial charge in [0.15, 0.2) is 0 Å². The Kier molecular flexibility index (Phi) is 6.14. The lowest BCUT2D eigenvalue weighted by molar-refractivity contribution is -0.138. The molecule has 2 atom stereocenters. The van der Waals surface area contributed by atoms with Crippen molar-refractivity contribution < 1.29 is 14.7 Å². The summed E-state index contributed by atoms with van der Waals surface area (Å²) in [5, 5.41) is 12.5. The summed E-state index contributed by atoms with van der Waals surface area (Å²) in [6.45, 7) is 4.46. The Bertz CT molecular complexity index is 1560. The largest absolute Gasteiger partial charge is 0.481 e. The highest BCUT2D eigenvalue weighted by Crippen LogP contribution is 2.49. The Labute approximate surface area is 208 Å². The van der Waals surface area contributed by atoms with Crippen LogP contribution in [0.15, 0.2) is 71.8 Å². The molecular weight excluding hydrogens is 454 g/mol. The molecule has 1 fully saturated rings. The van der Waals surface area contributed by atoms with Gasteiger partial charge in [0.25, 0.3) is 5.91 Å². The molecule has 182 valence electrons. The van der Waals surface area contributed by atoms with Gasteiger partial charge in [-0.05, 0) is 72.2 Å². The fourth-order valence-electron chi connectivity index (χ4n) is 4.77. The van der Waals surface area contributed by atoms with E-state index in [0.717, 1.165) is 34.4 Å². The first kappa shape index (κ1) is 23.5. The SMILES string of the molecule is CCCNC(=O)c1cn(-c2cccc(-c3ccc(C4CC4C(=O)O)c(C)c3)c2)c2ncccc2c1=O. The average Bonchev–Trinajstić information content (AvgIpc) is 3.69. The van der Waals surface area contributed by atoms with E-state index in [1.807, 2.05) is 50.2 Å². The van der Waals surface area contributed by atoms with Crippen LogP contribution in [0.2, 0.25) is 0 Å². The number of aryl methyl sites for hydroxylation is 1. The van der Waals surface area contributed by atoms with Crippen molar-refractivity contribution >= 4 is 22.9 Å². The van der Waals surface area contributed by atoms with E-state index >= 15 is 0 Å². The van der Waals surface area contributed by atoms with Crippen LogP contribution in [0.5, 0.6) is 0 Å². The lowest BCUT2D eigenvalue weighted by Gasteiger charge is -2.14. The van der Waals surface area contributed by atoms with Crippen molar-refractivity contribution in [3.05, 3.63) is 93.9 Å². The van der Waals surface area contributed by atoms with Crippen molar-refractivity contribution in [3.8, 4) is 16.8 Å². The van der Waals surface area contributed by atoms with Gasteiger partial charge in [0.1, 0.15) is 11.2 Å². The van der Waals surface area contributed by atoms with Crippen LogP contribution in [-0.2, 0) is 4.79 Å². The molecule has 1 amide bonds. The number of carboxylic acids is 1. The molecule has 2 aromatic carbocycles. The molecule has 1 saturated carbocycles. The van der Waals surface area contributed by atoms with E-state index in [4.69, 9.17) is 0 Å². The highest BCUT2D eigenvalue weighted by atomic mass is 16.4. The summed E-state index contributed by atoms with van der Waals surface area (Å²) in [4.78, 5) is 41.5. The highest BCUT2D eigenvalue weighted by Gasteiger charge is 2.44. The van der Waals surface area contributed by atoms with E-state index in [1.54, 1.807) is 29.1 Å². The van der Waals surface area contributed by atoms with Gasteiger partial charge >= 0.3 is 5.97 Å². The van der Waals surface area contributed by atoms with Gasteiger partial charge in [-0.2, -0.15) is 0 Å². The second kappa shape index (κ2) is 9.41. The van der Waals surface area contributed by atoms with Crippen molar-refractivity contribution in [1.29, 1.82) is 0 Å². The smallest absolute Gasteiger partial charge is 0.307 e. The van der Waals surface area contributed by atoms with E-state index in [2.05, 4.69) is 16.4 Å². The molecule has 1 aliphatic carbocycles. The van der Waals surface area contributed by atoms with Crippen LogP contribution >= 0.6 is 0 Å². The third-order valence-electron chi connectivity index (χ3n) is 6.78. The van der Waals surface area contributed by atoms with Crippen LogP contribution in [0.4, 0.5) is 0 Å².